The van der Waals surface area contributed by atoms with Gasteiger partial charge in [0.2, 0.25) is 0 Å². The van der Waals surface area contributed by atoms with E-state index in [-0.39, 0.29) is 17.6 Å². The van der Waals surface area contributed by atoms with Gasteiger partial charge >= 0.3 is 5.69 Å². The van der Waals surface area contributed by atoms with E-state index >= 15 is 0 Å². The fourth-order valence-electron chi connectivity index (χ4n) is 3.23. The van der Waals surface area contributed by atoms with Crippen molar-refractivity contribution in [2.24, 2.45) is 13.0 Å². The summed E-state index contributed by atoms with van der Waals surface area (Å²) in [7, 11) is 1.82. The van der Waals surface area contributed by atoms with Crippen LogP contribution in [0, 0.1) is 12.8 Å². The molecule has 26 heavy (non-hydrogen) atoms. The molecular formula is C18H28N6O2. The summed E-state index contributed by atoms with van der Waals surface area (Å²) in [5.74, 6) is 1.20. The maximum atomic E-state index is 12.5. The van der Waals surface area contributed by atoms with Gasteiger partial charge < -0.3 is 5.32 Å². The first-order chi connectivity index (χ1) is 12.3. The summed E-state index contributed by atoms with van der Waals surface area (Å²) in [6.07, 6.45) is 3.13. The van der Waals surface area contributed by atoms with Crippen LogP contribution < -0.4 is 11.0 Å². The summed E-state index contributed by atoms with van der Waals surface area (Å²) in [5.41, 5.74) is 1.34. The van der Waals surface area contributed by atoms with E-state index in [1.54, 1.807) is 20.0 Å². The molecule has 0 fully saturated rings. The Kier molecular flexibility index (Phi) is 5.29. The summed E-state index contributed by atoms with van der Waals surface area (Å²) in [5, 5.41) is 11.8. The smallest absolute Gasteiger partial charge is 0.345 e. The molecule has 1 aliphatic rings. The lowest BCUT2D eigenvalue weighted by Gasteiger charge is -2.15. The summed E-state index contributed by atoms with van der Waals surface area (Å²) >= 11 is 0. The molecule has 142 valence electrons. The second-order valence-electron chi connectivity index (χ2n) is 7.55. The second kappa shape index (κ2) is 7.47. The lowest BCUT2D eigenvalue weighted by Crippen LogP contribution is -2.36. The number of fused-ring (bicyclic) bond motifs is 1. The van der Waals surface area contributed by atoms with Gasteiger partial charge in [-0.1, -0.05) is 13.8 Å². The lowest BCUT2D eigenvalue weighted by molar-refractivity contribution is 0.0927. The average Bonchev–Trinajstić information content (AvgIpc) is 2.99. The normalized spacial score (nSPS) is 17.2. The Labute approximate surface area is 153 Å². The average molecular weight is 360 g/mol. The molecule has 8 heteroatoms. The monoisotopic (exact) mass is 360 g/mol. The maximum Gasteiger partial charge on any atom is 0.345 e. The van der Waals surface area contributed by atoms with Crippen LogP contribution in [-0.2, 0) is 26.6 Å². The second-order valence-corrected chi connectivity index (χ2v) is 7.55. The van der Waals surface area contributed by atoms with E-state index in [0.717, 1.165) is 30.8 Å². The number of carbonyl (C=O) groups excluding carboxylic acids is 1. The molecule has 0 saturated heterocycles. The third-order valence-corrected chi connectivity index (χ3v) is 5.02. The van der Waals surface area contributed by atoms with E-state index in [4.69, 9.17) is 0 Å². The number of nitrogens with one attached hydrogen (secondary N) is 1. The highest BCUT2D eigenvalue weighted by molar-refractivity contribution is 5.92. The molecule has 3 heterocycles. The van der Waals surface area contributed by atoms with Crippen LogP contribution >= 0.6 is 0 Å². The molecule has 0 aliphatic carbocycles. The van der Waals surface area contributed by atoms with E-state index in [2.05, 4.69) is 29.4 Å². The number of hydrogen-bond acceptors (Lipinski definition) is 4. The highest BCUT2D eigenvalue weighted by Crippen LogP contribution is 2.13. The van der Waals surface area contributed by atoms with Gasteiger partial charge in [-0.3, -0.25) is 14.0 Å². The van der Waals surface area contributed by atoms with Gasteiger partial charge in [0, 0.05) is 38.3 Å². The third kappa shape index (κ3) is 3.89. The van der Waals surface area contributed by atoms with Crippen LogP contribution in [0.3, 0.4) is 0 Å². The van der Waals surface area contributed by atoms with E-state index in [9.17, 15) is 9.59 Å². The van der Waals surface area contributed by atoms with Crippen molar-refractivity contribution in [2.45, 2.75) is 65.6 Å². The van der Waals surface area contributed by atoms with Crippen LogP contribution in [-0.4, -0.2) is 36.1 Å². The van der Waals surface area contributed by atoms with Gasteiger partial charge in [-0.2, -0.15) is 10.2 Å². The molecule has 0 radical (unpaired) electrons. The van der Waals surface area contributed by atoms with Crippen molar-refractivity contribution < 1.29 is 4.79 Å². The van der Waals surface area contributed by atoms with Gasteiger partial charge in [-0.05, 0) is 38.2 Å². The van der Waals surface area contributed by atoms with Crippen molar-refractivity contribution in [2.75, 3.05) is 0 Å². The van der Waals surface area contributed by atoms with Crippen LogP contribution in [0.4, 0.5) is 0 Å². The van der Waals surface area contributed by atoms with E-state index in [1.807, 2.05) is 14.0 Å². The Bertz CT molecular complexity index is 825. The first kappa shape index (κ1) is 18.4. The van der Waals surface area contributed by atoms with Crippen molar-refractivity contribution in [1.29, 1.82) is 0 Å². The lowest BCUT2D eigenvalue weighted by atomic mass is 10.1. The van der Waals surface area contributed by atoms with Crippen molar-refractivity contribution in [3.8, 4) is 0 Å². The quantitative estimate of drug-likeness (QED) is 0.870. The molecule has 1 N–H and O–H groups in total. The largest absolute Gasteiger partial charge is 0.348 e. The Morgan fingerprint density at radius 1 is 1.35 bits per heavy atom. The fourth-order valence-corrected chi connectivity index (χ4v) is 3.23. The van der Waals surface area contributed by atoms with Crippen LogP contribution in [0.5, 0.6) is 0 Å². The standard InChI is InChI=1S/C18H28N6O2/c1-12(2)7-10-24-18(26)23-9-8-14(5-6-16(23)21-24)19-17(25)15-11-13(3)22(4)20-15/h11-12,14H,5-10H2,1-4H3,(H,19,25). The Morgan fingerprint density at radius 3 is 2.77 bits per heavy atom. The highest BCUT2D eigenvalue weighted by atomic mass is 16.2. The van der Waals surface area contributed by atoms with Gasteiger partial charge in [0.05, 0.1) is 0 Å². The van der Waals surface area contributed by atoms with Gasteiger partial charge in [0.25, 0.3) is 5.91 Å². The zero-order valence-electron chi connectivity index (χ0n) is 16.0. The number of aryl methyl sites for hydroxylation is 4. The highest BCUT2D eigenvalue weighted by Gasteiger charge is 2.23. The van der Waals surface area contributed by atoms with Crippen molar-refractivity contribution in [3.63, 3.8) is 0 Å². The minimum atomic E-state index is -0.160. The number of aromatic nitrogens is 5. The molecule has 1 unspecified atom stereocenters. The summed E-state index contributed by atoms with van der Waals surface area (Å²) in [6, 6.07) is 1.81. The van der Waals surface area contributed by atoms with Crippen LogP contribution in [0.25, 0.3) is 0 Å². The SMILES string of the molecule is Cc1cc(C(=O)NC2CCc3nn(CCC(C)C)c(=O)n3CC2)nn1C. The van der Waals surface area contributed by atoms with Gasteiger partial charge in [-0.15, -0.1) is 0 Å². The van der Waals surface area contributed by atoms with Crippen molar-refractivity contribution in [1.82, 2.24) is 29.4 Å². The van der Waals surface area contributed by atoms with Crippen molar-refractivity contribution >= 4 is 5.91 Å². The number of carbonyl (C=O) groups is 1. The van der Waals surface area contributed by atoms with E-state index in [1.165, 1.54) is 0 Å². The summed E-state index contributed by atoms with van der Waals surface area (Å²) in [4.78, 5) is 24.9. The van der Waals surface area contributed by atoms with E-state index < -0.39 is 0 Å². The Balaban J connectivity index is 1.63. The van der Waals surface area contributed by atoms with Crippen LogP contribution in [0.1, 0.15) is 55.1 Å². The molecule has 0 bridgehead atoms. The molecule has 2 aromatic rings. The molecule has 0 aromatic carbocycles. The predicted molar refractivity (Wildman–Crippen MR) is 98.1 cm³/mol. The van der Waals surface area contributed by atoms with Gasteiger partial charge in [0.1, 0.15) is 11.5 Å². The first-order valence-corrected chi connectivity index (χ1v) is 9.33. The molecule has 0 saturated carbocycles. The number of hydrogen-bond donors (Lipinski definition) is 1. The molecule has 8 nitrogen and oxygen atoms in total. The van der Waals surface area contributed by atoms with Crippen LogP contribution in [0.2, 0.25) is 0 Å². The molecule has 0 spiro atoms. The Morgan fingerprint density at radius 2 is 2.12 bits per heavy atom. The summed E-state index contributed by atoms with van der Waals surface area (Å²) < 4.78 is 5.04. The van der Waals surface area contributed by atoms with Crippen LogP contribution in [0.15, 0.2) is 10.9 Å². The third-order valence-electron chi connectivity index (χ3n) is 5.02. The molecule has 3 rings (SSSR count). The topological polar surface area (TPSA) is 86.7 Å². The fraction of sp³-hybridized carbons (Fsp3) is 0.667. The first-order valence-electron chi connectivity index (χ1n) is 9.33. The molecule has 1 amide bonds. The number of rotatable bonds is 5. The summed E-state index contributed by atoms with van der Waals surface area (Å²) in [6.45, 7) is 7.45. The van der Waals surface area contributed by atoms with Crippen molar-refractivity contribution in [3.05, 3.63) is 33.8 Å². The molecule has 1 aliphatic heterocycles. The van der Waals surface area contributed by atoms with E-state index in [0.29, 0.717) is 31.1 Å². The number of amides is 1. The molecule has 2 aromatic heterocycles. The maximum absolute atomic E-state index is 12.5. The minimum absolute atomic E-state index is 0.0232. The minimum Gasteiger partial charge on any atom is -0.348 e. The molecule has 1 atom stereocenters. The zero-order valence-corrected chi connectivity index (χ0v) is 16.0. The number of nitrogens with zero attached hydrogens (tertiary/aromatic N) is 5. The van der Waals surface area contributed by atoms with Gasteiger partial charge in [0.15, 0.2) is 0 Å². The predicted octanol–water partition coefficient (Wildman–Crippen LogP) is 1.27. The zero-order chi connectivity index (χ0) is 18.8. The Hall–Kier alpha value is -2.38. The molecular weight excluding hydrogens is 332 g/mol. The van der Waals surface area contributed by atoms with Gasteiger partial charge in [-0.25, -0.2) is 9.48 Å².